The van der Waals surface area contributed by atoms with Crippen molar-refractivity contribution in [3.05, 3.63) is 23.8 Å². The summed E-state index contributed by atoms with van der Waals surface area (Å²) in [5, 5.41) is 15.5. The summed E-state index contributed by atoms with van der Waals surface area (Å²) in [6, 6.07) is 5.10. The first-order valence-electron chi connectivity index (χ1n) is 6.55. The van der Waals surface area contributed by atoms with Crippen molar-refractivity contribution in [2.75, 3.05) is 24.1 Å². The normalized spacial score (nSPS) is 12.3. The van der Waals surface area contributed by atoms with Crippen LogP contribution in [0.1, 0.15) is 31.1 Å². The molecule has 0 bridgehead atoms. The van der Waals surface area contributed by atoms with Crippen molar-refractivity contribution >= 4 is 17.3 Å². The van der Waals surface area contributed by atoms with Crippen LogP contribution < -0.4 is 16.4 Å². The highest BCUT2D eigenvalue weighted by Crippen LogP contribution is 2.20. The lowest BCUT2D eigenvalue weighted by molar-refractivity contribution is 0.0956. The van der Waals surface area contributed by atoms with Crippen LogP contribution >= 0.6 is 0 Å². The third-order valence-electron chi connectivity index (χ3n) is 2.92. The lowest BCUT2D eigenvalue weighted by Gasteiger charge is -2.17. The number of nitrogen functional groups attached to an aromatic ring is 1. The van der Waals surface area contributed by atoms with Gasteiger partial charge in [0.25, 0.3) is 5.91 Å². The van der Waals surface area contributed by atoms with Crippen LogP contribution in [0.3, 0.4) is 0 Å². The number of hydrogen-bond acceptors (Lipinski definition) is 4. The highest BCUT2D eigenvalue weighted by atomic mass is 16.3. The second kappa shape index (κ2) is 6.99. The maximum Gasteiger partial charge on any atom is 0.251 e. The number of nitrogens with one attached hydrogen (secondary N) is 2. The minimum atomic E-state index is -0.428. The van der Waals surface area contributed by atoms with Gasteiger partial charge in [-0.15, -0.1) is 0 Å². The molecule has 0 saturated heterocycles. The van der Waals surface area contributed by atoms with Gasteiger partial charge in [0.1, 0.15) is 0 Å². The Morgan fingerprint density at radius 1 is 1.42 bits per heavy atom. The summed E-state index contributed by atoms with van der Waals surface area (Å²) in [6.45, 7) is 6.79. The van der Waals surface area contributed by atoms with Gasteiger partial charge in [-0.2, -0.15) is 0 Å². The Balaban J connectivity index is 2.69. The quantitative estimate of drug-likeness (QED) is 0.586. The number of nitrogens with two attached hydrogens (primary N) is 1. The van der Waals surface area contributed by atoms with Crippen LogP contribution in [0, 0.1) is 5.92 Å². The number of rotatable bonds is 6. The van der Waals surface area contributed by atoms with E-state index in [0.717, 1.165) is 5.69 Å². The average molecular weight is 265 g/mol. The second-order valence-corrected chi connectivity index (χ2v) is 4.85. The molecule has 0 radical (unpaired) electrons. The summed E-state index contributed by atoms with van der Waals surface area (Å²) >= 11 is 0. The fourth-order valence-electron chi connectivity index (χ4n) is 1.58. The Morgan fingerprint density at radius 3 is 2.63 bits per heavy atom. The zero-order valence-corrected chi connectivity index (χ0v) is 11.7. The summed E-state index contributed by atoms with van der Waals surface area (Å²) in [7, 11) is 0. The van der Waals surface area contributed by atoms with Gasteiger partial charge in [-0.25, -0.2) is 0 Å². The second-order valence-electron chi connectivity index (χ2n) is 4.85. The molecule has 19 heavy (non-hydrogen) atoms. The van der Waals surface area contributed by atoms with Gasteiger partial charge in [0.05, 0.1) is 17.5 Å². The van der Waals surface area contributed by atoms with Crippen molar-refractivity contribution in [3.63, 3.8) is 0 Å². The Hall–Kier alpha value is -1.75. The number of aliphatic hydroxyl groups is 1. The van der Waals surface area contributed by atoms with Crippen molar-refractivity contribution in [1.82, 2.24) is 5.32 Å². The minimum Gasteiger partial charge on any atom is -0.397 e. The van der Waals surface area contributed by atoms with E-state index >= 15 is 0 Å². The highest BCUT2D eigenvalue weighted by Gasteiger charge is 2.11. The Morgan fingerprint density at radius 2 is 2.11 bits per heavy atom. The smallest absolute Gasteiger partial charge is 0.251 e. The fraction of sp³-hybridized carbons (Fsp3) is 0.500. The van der Waals surface area contributed by atoms with Crippen LogP contribution in [0.2, 0.25) is 0 Å². The molecule has 0 aliphatic carbocycles. The van der Waals surface area contributed by atoms with E-state index in [2.05, 4.69) is 10.6 Å². The van der Waals surface area contributed by atoms with E-state index in [-0.39, 0.29) is 11.8 Å². The van der Waals surface area contributed by atoms with Crippen LogP contribution in [-0.2, 0) is 0 Å². The standard InChI is InChI=1S/C14H23N3O2/c1-4-16-14(19)10-5-6-12(11(15)7-10)17-8-13(18)9(2)3/h5-7,9,13,17-18H,4,8,15H2,1-3H3,(H,16,19). The molecule has 0 aromatic heterocycles. The molecule has 1 amide bonds. The zero-order valence-electron chi connectivity index (χ0n) is 11.7. The maximum atomic E-state index is 11.6. The molecule has 0 spiro atoms. The number of carbonyl (C=O) groups is 1. The third-order valence-corrected chi connectivity index (χ3v) is 2.92. The van der Waals surface area contributed by atoms with Gasteiger partial charge in [0.2, 0.25) is 0 Å². The monoisotopic (exact) mass is 265 g/mol. The summed E-state index contributed by atoms with van der Waals surface area (Å²) in [4.78, 5) is 11.6. The molecular formula is C14H23N3O2. The molecule has 1 aromatic rings. The van der Waals surface area contributed by atoms with Crippen LogP contribution in [0.5, 0.6) is 0 Å². The van der Waals surface area contributed by atoms with E-state index in [1.807, 2.05) is 20.8 Å². The summed E-state index contributed by atoms with van der Waals surface area (Å²) in [5.74, 6) is 0.0475. The van der Waals surface area contributed by atoms with Crippen LogP contribution in [-0.4, -0.2) is 30.2 Å². The lowest BCUT2D eigenvalue weighted by Crippen LogP contribution is -2.25. The van der Waals surface area contributed by atoms with E-state index in [1.165, 1.54) is 0 Å². The number of hydrogen-bond donors (Lipinski definition) is 4. The predicted molar refractivity (Wildman–Crippen MR) is 78.2 cm³/mol. The lowest BCUT2D eigenvalue weighted by atomic mass is 10.1. The fourth-order valence-corrected chi connectivity index (χ4v) is 1.58. The van der Waals surface area contributed by atoms with Crippen molar-refractivity contribution in [2.24, 2.45) is 5.92 Å². The third kappa shape index (κ3) is 4.44. The highest BCUT2D eigenvalue weighted by molar-refractivity contribution is 5.96. The molecule has 5 heteroatoms. The molecule has 1 rings (SSSR count). The molecule has 5 nitrogen and oxygen atoms in total. The first-order chi connectivity index (χ1) is 8.95. The summed E-state index contributed by atoms with van der Waals surface area (Å²) in [5.41, 5.74) is 7.66. The summed E-state index contributed by atoms with van der Waals surface area (Å²) in [6.07, 6.45) is -0.428. The molecule has 1 unspecified atom stereocenters. The molecular weight excluding hydrogens is 242 g/mol. The van der Waals surface area contributed by atoms with Crippen molar-refractivity contribution in [1.29, 1.82) is 0 Å². The zero-order chi connectivity index (χ0) is 14.4. The molecule has 0 fully saturated rings. The molecule has 0 saturated carbocycles. The largest absolute Gasteiger partial charge is 0.397 e. The number of carbonyl (C=O) groups excluding carboxylic acids is 1. The molecule has 106 valence electrons. The van der Waals surface area contributed by atoms with Gasteiger partial charge in [0.15, 0.2) is 0 Å². The number of benzene rings is 1. The van der Waals surface area contributed by atoms with Gasteiger partial charge in [-0.1, -0.05) is 13.8 Å². The van der Waals surface area contributed by atoms with Crippen LogP contribution in [0.15, 0.2) is 18.2 Å². The average Bonchev–Trinajstić information content (AvgIpc) is 2.36. The molecule has 1 aromatic carbocycles. The molecule has 0 heterocycles. The Labute approximate surface area is 114 Å². The minimum absolute atomic E-state index is 0.136. The van der Waals surface area contributed by atoms with E-state index in [4.69, 9.17) is 5.73 Å². The Kier molecular flexibility index (Phi) is 5.63. The number of anilines is 2. The van der Waals surface area contributed by atoms with Gasteiger partial charge in [0, 0.05) is 18.7 Å². The van der Waals surface area contributed by atoms with Gasteiger partial charge < -0.3 is 21.5 Å². The van der Waals surface area contributed by atoms with E-state index < -0.39 is 6.10 Å². The first-order valence-corrected chi connectivity index (χ1v) is 6.55. The molecule has 1 atom stereocenters. The van der Waals surface area contributed by atoms with Gasteiger partial charge in [-0.3, -0.25) is 4.79 Å². The van der Waals surface area contributed by atoms with Crippen LogP contribution in [0.25, 0.3) is 0 Å². The first kappa shape index (κ1) is 15.3. The van der Waals surface area contributed by atoms with E-state index in [0.29, 0.717) is 24.3 Å². The predicted octanol–water partition coefficient (Wildman–Crippen LogP) is 1.45. The van der Waals surface area contributed by atoms with Gasteiger partial charge in [-0.05, 0) is 31.0 Å². The Bertz CT molecular complexity index is 433. The van der Waals surface area contributed by atoms with E-state index in [1.54, 1.807) is 18.2 Å². The maximum absolute atomic E-state index is 11.6. The molecule has 0 aliphatic heterocycles. The summed E-state index contributed by atoms with van der Waals surface area (Å²) < 4.78 is 0. The topological polar surface area (TPSA) is 87.4 Å². The SMILES string of the molecule is CCNC(=O)c1ccc(NCC(O)C(C)C)c(N)c1. The van der Waals surface area contributed by atoms with E-state index in [9.17, 15) is 9.90 Å². The van der Waals surface area contributed by atoms with Crippen LogP contribution in [0.4, 0.5) is 11.4 Å². The van der Waals surface area contributed by atoms with Crippen molar-refractivity contribution < 1.29 is 9.90 Å². The van der Waals surface area contributed by atoms with Crippen molar-refractivity contribution in [2.45, 2.75) is 26.9 Å². The number of aliphatic hydroxyl groups excluding tert-OH is 1. The van der Waals surface area contributed by atoms with Gasteiger partial charge >= 0.3 is 0 Å². The number of amides is 1. The molecule has 5 N–H and O–H groups in total. The van der Waals surface area contributed by atoms with Crippen molar-refractivity contribution in [3.8, 4) is 0 Å². The molecule has 0 aliphatic rings.